The fraction of sp³-hybridized carbons (Fsp3) is 0.455. The number of hydrazine groups is 1. The second-order valence-electron chi connectivity index (χ2n) is 3.64. The van der Waals surface area contributed by atoms with Crippen LogP contribution >= 0.6 is 0 Å². The molecule has 0 fully saturated rings. The molecule has 0 aliphatic heterocycles. The van der Waals surface area contributed by atoms with Crippen molar-refractivity contribution in [2.45, 2.75) is 18.9 Å². The summed E-state index contributed by atoms with van der Waals surface area (Å²) in [4.78, 5) is 0. The van der Waals surface area contributed by atoms with E-state index in [0.717, 1.165) is 12.1 Å². The lowest BCUT2D eigenvalue weighted by molar-refractivity contribution is 0.0143. The Morgan fingerprint density at radius 1 is 1.28 bits per heavy atom. The predicted octanol–water partition coefficient (Wildman–Crippen LogP) is 2.14. The zero-order chi connectivity index (χ0) is 13.5. The molecule has 0 bridgehead atoms. The first kappa shape index (κ1) is 14.9. The standard InChI is InChI=1S/C11H14F4N2O/c12-7-1-2-8(9(13)5-7)10(17-16)3-4-18-6-11(14)15/h1-2,5,10-11,17H,3-4,6,16H2. The van der Waals surface area contributed by atoms with Crippen LogP contribution < -0.4 is 11.3 Å². The zero-order valence-corrected chi connectivity index (χ0v) is 9.51. The molecule has 1 aromatic carbocycles. The second kappa shape index (κ2) is 7.30. The number of rotatable bonds is 7. The van der Waals surface area contributed by atoms with Gasteiger partial charge in [0, 0.05) is 18.2 Å². The highest BCUT2D eigenvalue weighted by Crippen LogP contribution is 2.20. The van der Waals surface area contributed by atoms with E-state index in [-0.39, 0.29) is 18.6 Å². The van der Waals surface area contributed by atoms with Gasteiger partial charge >= 0.3 is 0 Å². The van der Waals surface area contributed by atoms with Crippen molar-refractivity contribution < 1.29 is 22.3 Å². The molecule has 18 heavy (non-hydrogen) atoms. The van der Waals surface area contributed by atoms with Crippen molar-refractivity contribution >= 4 is 0 Å². The fourth-order valence-corrected chi connectivity index (χ4v) is 1.49. The normalized spacial score (nSPS) is 13.0. The molecule has 0 amide bonds. The molecule has 7 heteroatoms. The number of nitrogens with two attached hydrogens (primary N) is 1. The summed E-state index contributed by atoms with van der Waals surface area (Å²) in [5.41, 5.74) is 2.50. The van der Waals surface area contributed by atoms with Crippen molar-refractivity contribution in [3.05, 3.63) is 35.4 Å². The third-order valence-electron chi connectivity index (χ3n) is 2.33. The minimum Gasteiger partial charge on any atom is -0.375 e. The monoisotopic (exact) mass is 266 g/mol. The summed E-state index contributed by atoms with van der Waals surface area (Å²) in [6.07, 6.45) is -2.34. The molecule has 0 heterocycles. The van der Waals surface area contributed by atoms with Crippen LogP contribution in [0.15, 0.2) is 18.2 Å². The summed E-state index contributed by atoms with van der Waals surface area (Å²) in [5.74, 6) is 3.80. The Morgan fingerprint density at radius 2 is 2.00 bits per heavy atom. The Bertz CT molecular complexity index is 376. The smallest absolute Gasteiger partial charge is 0.261 e. The number of benzene rings is 1. The Labute approximate surface area is 102 Å². The van der Waals surface area contributed by atoms with Gasteiger partial charge in [0.05, 0.1) is 6.04 Å². The molecule has 1 rings (SSSR count). The molecule has 1 unspecified atom stereocenters. The van der Waals surface area contributed by atoms with E-state index in [1.165, 1.54) is 6.07 Å². The Kier molecular flexibility index (Phi) is 6.03. The van der Waals surface area contributed by atoms with Crippen molar-refractivity contribution in [2.75, 3.05) is 13.2 Å². The van der Waals surface area contributed by atoms with Crippen LogP contribution in [-0.2, 0) is 4.74 Å². The van der Waals surface area contributed by atoms with Crippen LogP contribution in [0.3, 0.4) is 0 Å². The minimum absolute atomic E-state index is 0.00395. The van der Waals surface area contributed by atoms with Gasteiger partial charge in [0.2, 0.25) is 0 Å². The summed E-state index contributed by atoms with van der Waals surface area (Å²) in [6, 6.07) is 2.47. The summed E-state index contributed by atoms with van der Waals surface area (Å²) >= 11 is 0. The molecular weight excluding hydrogens is 252 g/mol. The van der Waals surface area contributed by atoms with Crippen LogP contribution in [0.1, 0.15) is 18.0 Å². The van der Waals surface area contributed by atoms with E-state index in [2.05, 4.69) is 10.2 Å². The highest BCUT2D eigenvalue weighted by atomic mass is 19.3. The van der Waals surface area contributed by atoms with Crippen molar-refractivity contribution in [1.82, 2.24) is 5.43 Å². The van der Waals surface area contributed by atoms with Gasteiger partial charge in [-0.25, -0.2) is 17.6 Å². The van der Waals surface area contributed by atoms with Gasteiger partial charge < -0.3 is 4.74 Å². The van der Waals surface area contributed by atoms with Crippen molar-refractivity contribution in [2.24, 2.45) is 5.84 Å². The van der Waals surface area contributed by atoms with E-state index in [4.69, 9.17) is 5.84 Å². The van der Waals surface area contributed by atoms with Crippen LogP contribution in [-0.4, -0.2) is 19.6 Å². The molecule has 0 aromatic heterocycles. The van der Waals surface area contributed by atoms with Crippen LogP contribution in [0.4, 0.5) is 17.6 Å². The fourth-order valence-electron chi connectivity index (χ4n) is 1.49. The van der Waals surface area contributed by atoms with Crippen molar-refractivity contribution in [3.8, 4) is 0 Å². The first-order chi connectivity index (χ1) is 8.54. The average Bonchev–Trinajstić information content (AvgIpc) is 2.30. The highest BCUT2D eigenvalue weighted by molar-refractivity contribution is 5.22. The summed E-state index contributed by atoms with van der Waals surface area (Å²) in [7, 11) is 0. The molecule has 0 aliphatic rings. The maximum Gasteiger partial charge on any atom is 0.261 e. The van der Waals surface area contributed by atoms with Crippen LogP contribution in [0, 0.1) is 11.6 Å². The first-order valence-corrected chi connectivity index (χ1v) is 5.31. The predicted molar refractivity (Wildman–Crippen MR) is 57.9 cm³/mol. The number of nitrogens with one attached hydrogen (secondary N) is 1. The maximum atomic E-state index is 13.4. The largest absolute Gasteiger partial charge is 0.375 e. The average molecular weight is 266 g/mol. The Hall–Kier alpha value is -1.18. The number of halogens is 4. The van der Waals surface area contributed by atoms with Crippen LogP contribution in [0.5, 0.6) is 0 Å². The number of alkyl halides is 2. The number of ether oxygens (including phenoxy) is 1. The third-order valence-corrected chi connectivity index (χ3v) is 2.33. The molecule has 3 nitrogen and oxygen atoms in total. The SMILES string of the molecule is NNC(CCOCC(F)F)c1ccc(F)cc1F. The minimum atomic E-state index is -2.54. The zero-order valence-electron chi connectivity index (χ0n) is 9.51. The van der Waals surface area contributed by atoms with Gasteiger partial charge in [0.25, 0.3) is 6.43 Å². The van der Waals surface area contributed by atoms with Gasteiger partial charge in [-0.05, 0) is 12.5 Å². The van der Waals surface area contributed by atoms with E-state index in [1.54, 1.807) is 0 Å². The summed E-state index contributed by atoms with van der Waals surface area (Å²) in [6.45, 7) is -0.681. The molecule has 0 spiro atoms. The van der Waals surface area contributed by atoms with Gasteiger partial charge in [-0.2, -0.15) is 0 Å². The number of hydrogen-bond acceptors (Lipinski definition) is 3. The maximum absolute atomic E-state index is 13.4. The second-order valence-corrected chi connectivity index (χ2v) is 3.64. The number of hydrogen-bond donors (Lipinski definition) is 2. The van der Waals surface area contributed by atoms with Crippen molar-refractivity contribution in [1.29, 1.82) is 0 Å². The van der Waals surface area contributed by atoms with Crippen LogP contribution in [0.2, 0.25) is 0 Å². The van der Waals surface area contributed by atoms with E-state index in [9.17, 15) is 17.6 Å². The Morgan fingerprint density at radius 3 is 2.56 bits per heavy atom. The molecule has 1 atom stereocenters. The van der Waals surface area contributed by atoms with Gasteiger partial charge in [-0.3, -0.25) is 11.3 Å². The molecular formula is C11H14F4N2O. The summed E-state index contributed by atoms with van der Waals surface area (Å²) in [5, 5.41) is 0. The lowest BCUT2D eigenvalue weighted by Gasteiger charge is -2.17. The van der Waals surface area contributed by atoms with E-state index in [0.29, 0.717) is 0 Å². The highest BCUT2D eigenvalue weighted by Gasteiger charge is 2.15. The van der Waals surface area contributed by atoms with E-state index in [1.807, 2.05) is 0 Å². The first-order valence-electron chi connectivity index (χ1n) is 5.31. The lowest BCUT2D eigenvalue weighted by atomic mass is 10.0. The quantitative estimate of drug-likeness (QED) is 0.344. The topological polar surface area (TPSA) is 47.3 Å². The van der Waals surface area contributed by atoms with Gasteiger partial charge in [-0.1, -0.05) is 6.07 Å². The summed E-state index contributed by atoms with van der Waals surface area (Å²) < 4.78 is 54.4. The molecule has 0 saturated carbocycles. The van der Waals surface area contributed by atoms with Crippen molar-refractivity contribution in [3.63, 3.8) is 0 Å². The van der Waals surface area contributed by atoms with E-state index < -0.39 is 30.7 Å². The Balaban J connectivity index is 2.54. The third kappa shape index (κ3) is 4.59. The van der Waals surface area contributed by atoms with Gasteiger partial charge in [0.15, 0.2) is 0 Å². The van der Waals surface area contributed by atoms with Gasteiger partial charge in [-0.15, -0.1) is 0 Å². The molecule has 0 aliphatic carbocycles. The molecule has 0 saturated heterocycles. The molecule has 102 valence electrons. The van der Waals surface area contributed by atoms with Crippen LogP contribution in [0.25, 0.3) is 0 Å². The molecule has 3 N–H and O–H groups in total. The van der Waals surface area contributed by atoms with E-state index >= 15 is 0 Å². The lowest BCUT2D eigenvalue weighted by Crippen LogP contribution is -2.30. The van der Waals surface area contributed by atoms with Gasteiger partial charge in [0.1, 0.15) is 18.2 Å². The molecule has 0 radical (unpaired) electrons. The molecule has 1 aromatic rings.